The Hall–Kier alpha value is -2.25. The quantitative estimate of drug-likeness (QED) is 0.188. The van der Waals surface area contributed by atoms with Crippen molar-refractivity contribution in [1.29, 1.82) is 0 Å². The van der Waals surface area contributed by atoms with Gasteiger partial charge in [-0.25, -0.2) is 4.79 Å². The number of nitrogens with two attached hydrogens (primary N) is 1. The van der Waals surface area contributed by atoms with Gasteiger partial charge in [0.2, 0.25) is 0 Å². The van der Waals surface area contributed by atoms with Crippen LogP contribution in [0.15, 0.2) is 16.0 Å². The summed E-state index contributed by atoms with van der Waals surface area (Å²) in [4.78, 5) is 19.5. The Balaban J connectivity index is 2.26. The highest BCUT2D eigenvalue weighted by atomic mass is 16.7. The van der Waals surface area contributed by atoms with Crippen LogP contribution in [0, 0.1) is 0 Å². The molecule has 132 valence electrons. The summed E-state index contributed by atoms with van der Waals surface area (Å²) >= 11 is 0. The molecule has 1 aliphatic rings. The number of H-pyrrole nitrogens is 1. The second-order valence-electron chi connectivity index (χ2n) is 4.96. The van der Waals surface area contributed by atoms with Crippen molar-refractivity contribution in [3.05, 3.63) is 32.7 Å². The number of hydrogen-bond acceptors (Lipinski definition) is 10. The fourth-order valence-corrected chi connectivity index (χ4v) is 2.15. The number of aliphatic hydroxyl groups is 4. The standard InChI is InChI=1S/C11H16N6O7/c12-5-1-3(14-11(22)15-5)9(16-17-13)24-10-8(21)7(20)6(19)4(2-18)23-10/h1,4,6-10,18-21H,2H2,(H3,12,14,15,22)/t4-,6-,7+,8-,9?,10?/m1/s1. The predicted molar refractivity (Wildman–Crippen MR) is 76.0 cm³/mol. The number of nitrogens with one attached hydrogen (secondary N) is 1. The first-order chi connectivity index (χ1) is 11.4. The number of hydrogen-bond donors (Lipinski definition) is 6. The van der Waals surface area contributed by atoms with Crippen LogP contribution in [-0.2, 0) is 9.47 Å². The van der Waals surface area contributed by atoms with Gasteiger partial charge in [0.05, 0.1) is 12.3 Å². The Kier molecular flexibility index (Phi) is 5.69. The van der Waals surface area contributed by atoms with Gasteiger partial charge in [-0.2, -0.15) is 4.98 Å². The van der Waals surface area contributed by atoms with Gasteiger partial charge in [0.1, 0.15) is 30.2 Å². The van der Waals surface area contributed by atoms with Crippen molar-refractivity contribution in [2.24, 2.45) is 5.11 Å². The second-order valence-corrected chi connectivity index (χ2v) is 4.96. The molecule has 0 aliphatic carbocycles. The summed E-state index contributed by atoms with van der Waals surface area (Å²) in [6, 6.07) is 1.17. The maximum atomic E-state index is 11.3. The summed E-state index contributed by atoms with van der Waals surface area (Å²) < 4.78 is 10.4. The number of ether oxygens (including phenoxy) is 2. The molecule has 1 aromatic heterocycles. The lowest BCUT2D eigenvalue weighted by Crippen LogP contribution is -2.59. The van der Waals surface area contributed by atoms with Gasteiger partial charge in [0.25, 0.3) is 0 Å². The number of nitrogen functional groups attached to an aromatic ring is 1. The van der Waals surface area contributed by atoms with Gasteiger partial charge in [-0.15, -0.1) is 0 Å². The molecule has 0 saturated carbocycles. The van der Waals surface area contributed by atoms with E-state index in [0.29, 0.717) is 0 Å². The van der Waals surface area contributed by atoms with E-state index in [4.69, 9.17) is 25.8 Å². The maximum absolute atomic E-state index is 11.3. The van der Waals surface area contributed by atoms with Crippen molar-refractivity contribution in [3.63, 3.8) is 0 Å². The number of aliphatic hydroxyl groups excluding tert-OH is 4. The Morgan fingerprint density at radius 1 is 1.46 bits per heavy atom. The first-order valence-electron chi connectivity index (χ1n) is 6.74. The summed E-state index contributed by atoms with van der Waals surface area (Å²) in [5.74, 6) is -0.163. The molecule has 2 heterocycles. The van der Waals surface area contributed by atoms with Crippen LogP contribution in [0.1, 0.15) is 11.9 Å². The summed E-state index contributed by atoms with van der Waals surface area (Å²) in [6.07, 6.45) is -9.19. The molecule has 1 aromatic rings. The van der Waals surface area contributed by atoms with Crippen molar-refractivity contribution in [2.45, 2.75) is 36.9 Å². The number of aromatic amines is 1. The summed E-state index contributed by atoms with van der Waals surface area (Å²) in [6.45, 7) is -0.657. The normalized spacial score (nSPS) is 31.2. The van der Waals surface area contributed by atoms with Gasteiger partial charge in [0.15, 0.2) is 12.5 Å². The van der Waals surface area contributed by atoms with E-state index in [2.05, 4.69) is 20.0 Å². The molecule has 13 nitrogen and oxygen atoms in total. The monoisotopic (exact) mass is 344 g/mol. The van der Waals surface area contributed by atoms with E-state index in [9.17, 15) is 20.1 Å². The number of aromatic nitrogens is 2. The molecule has 2 rings (SSSR count). The number of azide groups is 1. The zero-order chi connectivity index (χ0) is 17.9. The van der Waals surface area contributed by atoms with Gasteiger partial charge in [-0.05, 0) is 5.53 Å². The lowest BCUT2D eigenvalue weighted by atomic mass is 9.99. The van der Waals surface area contributed by atoms with Crippen molar-refractivity contribution in [2.75, 3.05) is 12.3 Å². The SMILES string of the molecule is [N-]=[N+]=NC(OC1O[C@H](CO)[C@@H](O)[C@H](O)[C@H]1O)c1cc(N)nc(=O)[nH]1. The molecule has 1 fully saturated rings. The topological polar surface area (TPSA) is 220 Å². The summed E-state index contributed by atoms with van der Waals surface area (Å²) in [5.41, 5.74) is 13.2. The minimum Gasteiger partial charge on any atom is -0.394 e. The molecule has 0 aromatic carbocycles. The van der Waals surface area contributed by atoms with Gasteiger partial charge in [0, 0.05) is 11.0 Å². The van der Waals surface area contributed by atoms with Crippen LogP contribution >= 0.6 is 0 Å². The molecule has 6 atom stereocenters. The number of anilines is 1. The molecule has 2 unspecified atom stereocenters. The fourth-order valence-electron chi connectivity index (χ4n) is 2.15. The fraction of sp³-hybridized carbons (Fsp3) is 0.636. The Bertz CT molecular complexity index is 675. The molecular weight excluding hydrogens is 328 g/mol. The van der Waals surface area contributed by atoms with E-state index in [-0.39, 0.29) is 11.5 Å². The molecule has 1 aliphatic heterocycles. The zero-order valence-corrected chi connectivity index (χ0v) is 12.1. The van der Waals surface area contributed by atoms with Crippen LogP contribution in [0.3, 0.4) is 0 Å². The van der Waals surface area contributed by atoms with Crippen LogP contribution in [-0.4, -0.2) is 67.7 Å². The van der Waals surface area contributed by atoms with Crippen LogP contribution in [0.5, 0.6) is 0 Å². The van der Waals surface area contributed by atoms with Crippen molar-refractivity contribution >= 4 is 5.82 Å². The van der Waals surface area contributed by atoms with E-state index in [1.807, 2.05) is 0 Å². The van der Waals surface area contributed by atoms with Gasteiger partial charge in [-0.1, -0.05) is 5.11 Å². The third-order valence-corrected chi connectivity index (χ3v) is 3.32. The third-order valence-electron chi connectivity index (χ3n) is 3.32. The molecule has 1 saturated heterocycles. The average Bonchev–Trinajstić information content (AvgIpc) is 2.53. The second kappa shape index (κ2) is 7.55. The summed E-state index contributed by atoms with van der Waals surface area (Å²) in [7, 11) is 0. The van der Waals surface area contributed by atoms with Crippen LogP contribution in [0.2, 0.25) is 0 Å². The Morgan fingerprint density at radius 2 is 2.17 bits per heavy atom. The maximum Gasteiger partial charge on any atom is 0.347 e. The van der Waals surface area contributed by atoms with E-state index in [1.54, 1.807) is 0 Å². The minimum absolute atomic E-state index is 0.0674. The Morgan fingerprint density at radius 3 is 2.75 bits per heavy atom. The van der Waals surface area contributed by atoms with Gasteiger partial charge >= 0.3 is 5.69 Å². The van der Waals surface area contributed by atoms with E-state index >= 15 is 0 Å². The number of rotatable bonds is 5. The minimum atomic E-state index is -1.70. The van der Waals surface area contributed by atoms with E-state index in [1.165, 1.54) is 6.07 Å². The number of nitrogens with zero attached hydrogens (tertiary/aromatic N) is 4. The largest absolute Gasteiger partial charge is 0.394 e. The van der Waals surface area contributed by atoms with Gasteiger partial charge in [-0.3, -0.25) is 0 Å². The van der Waals surface area contributed by atoms with Gasteiger partial charge < -0.3 is 40.6 Å². The van der Waals surface area contributed by atoms with E-state index in [0.717, 1.165) is 0 Å². The average molecular weight is 344 g/mol. The smallest absolute Gasteiger partial charge is 0.347 e. The van der Waals surface area contributed by atoms with E-state index < -0.39 is 49.2 Å². The molecule has 0 bridgehead atoms. The molecule has 0 spiro atoms. The van der Waals surface area contributed by atoms with Crippen LogP contribution in [0.4, 0.5) is 5.82 Å². The third kappa shape index (κ3) is 3.80. The lowest BCUT2D eigenvalue weighted by molar-refractivity contribution is -0.312. The first-order valence-corrected chi connectivity index (χ1v) is 6.74. The Labute approximate surface area is 133 Å². The van der Waals surface area contributed by atoms with Crippen LogP contribution in [0.25, 0.3) is 10.4 Å². The first kappa shape index (κ1) is 18.1. The molecule has 13 heteroatoms. The molecule has 0 amide bonds. The molecule has 7 N–H and O–H groups in total. The lowest BCUT2D eigenvalue weighted by Gasteiger charge is -2.40. The van der Waals surface area contributed by atoms with Crippen molar-refractivity contribution in [3.8, 4) is 0 Å². The highest BCUT2D eigenvalue weighted by Gasteiger charge is 2.45. The highest BCUT2D eigenvalue weighted by molar-refractivity contribution is 5.28. The van der Waals surface area contributed by atoms with Crippen molar-refractivity contribution in [1.82, 2.24) is 9.97 Å². The van der Waals surface area contributed by atoms with Crippen LogP contribution < -0.4 is 11.4 Å². The van der Waals surface area contributed by atoms with Crippen molar-refractivity contribution < 1.29 is 29.9 Å². The predicted octanol–water partition coefficient (Wildman–Crippen LogP) is -2.52. The zero-order valence-electron chi connectivity index (χ0n) is 12.1. The molecular formula is C11H16N6O7. The highest BCUT2D eigenvalue weighted by Crippen LogP contribution is 2.27. The molecule has 0 radical (unpaired) electrons. The molecule has 24 heavy (non-hydrogen) atoms. The summed E-state index contributed by atoms with van der Waals surface area (Å²) in [5, 5.41) is 41.7.